The van der Waals surface area contributed by atoms with Gasteiger partial charge in [-0.1, -0.05) is 41.5 Å². The number of aromatic amines is 1. The van der Waals surface area contributed by atoms with Gasteiger partial charge in [0.2, 0.25) is 5.72 Å². The molecule has 9 heteroatoms. The van der Waals surface area contributed by atoms with E-state index in [1.165, 1.54) is 13.1 Å². The minimum atomic E-state index is -2.91. The molecule has 29 heavy (non-hydrogen) atoms. The Morgan fingerprint density at radius 3 is 2.34 bits per heavy atom. The molecule has 0 aromatic carbocycles. The van der Waals surface area contributed by atoms with Crippen molar-refractivity contribution in [2.45, 2.75) is 82.1 Å². The van der Waals surface area contributed by atoms with Gasteiger partial charge < -0.3 is 18.7 Å². The fourth-order valence-corrected chi connectivity index (χ4v) is 9.84. The Kier molecular flexibility index (Phi) is 4.85. The molecule has 160 valence electrons. The maximum atomic E-state index is 12.5. The van der Waals surface area contributed by atoms with Crippen molar-refractivity contribution in [1.29, 1.82) is 0 Å². The molecular formula is C20H30N2O6Si. The molecule has 0 saturated carbocycles. The van der Waals surface area contributed by atoms with Crippen molar-refractivity contribution in [3.63, 3.8) is 0 Å². The summed E-state index contributed by atoms with van der Waals surface area (Å²) in [6.07, 6.45) is 5.55. The number of ether oxygens (including phenoxy) is 1. The van der Waals surface area contributed by atoms with Crippen LogP contribution in [0.15, 0.2) is 21.9 Å². The number of aliphatic hydroxyl groups is 1. The van der Waals surface area contributed by atoms with Gasteiger partial charge in [-0.2, -0.15) is 0 Å². The second-order valence-corrected chi connectivity index (χ2v) is 14.8. The van der Waals surface area contributed by atoms with Crippen molar-refractivity contribution >= 4 is 8.56 Å². The van der Waals surface area contributed by atoms with Crippen LogP contribution in [0.25, 0.3) is 0 Å². The van der Waals surface area contributed by atoms with Crippen LogP contribution in [0.1, 0.15) is 48.5 Å². The van der Waals surface area contributed by atoms with Gasteiger partial charge in [0.15, 0.2) is 0 Å². The second-order valence-electron chi connectivity index (χ2n) is 10.0. The lowest BCUT2D eigenvalue weighted by Crippen LogP contribution is -2.68. The summed E-state index contributed by atoms with van der Waals surface area (Å²) in [6, 6.07) is 1.16. The van der Waals surface area contributed by atoms with E-state index in [1.54, 1.807) is 0 Å². The van der Waals surface area contributed by atoms with E-state index in [1.807, 2.05) is 0 Å². The Morgan fingerprint density at radius 1 is 1.28 bits per heavy atom. The van der Waals surface area contributed by atoms with Crippen LogP contribution in [0.2, 0.25) is 10.1 Å². The molecule has 0 aliphatic carbocycles. The van der Waals surface area contributed by atoms with Crippen LogP contribution < -0.4 is 11.2 Å². The zero-order valence-electron chi connectivity index (χ0n) is 18.0. The summed E-state index contributed by atoms with van der Waals surface area (Å²) in [5.41, 5.74) is -4.95. The zero-order valence-corrected chi connectivity index (χ0v) is 19.0. The highest BCUT2D eigenvalue weighted by Gasteiger charge is 2.71. The first-order chi connectivity index (χ1) is 13.1. The summed E-state index contributed by atoms with van der Waals surface area (Å²) in [5.74, 6) is 2.45. The Hall–Kier alpha value is -1.70. The predicted molar refractivity (Wildman–Crippen MR) is 110 cm³/mol. The molecule has 2 aliphatic rings. The smallest absolute Gasteiger partial charge is 0.349 e. The van der Waals surface area contributed by atoms with Crippen LogP contribution in [0.4, 0.5) is 0 Å². The van der Waals surface area contributed by atoms with E-state index in [4.69, 9.17) is 20.0 Å². The third-order valence-corrected chi connectivity index (χ3v) is 11.1. The SMILES string of the molecule is C#C[C@@]1(n2ccc(=O)[nH]c2=O)O[C@@H]2CO[Si](C(C)(C)C)(C(C)(C)C)O[C@H]2[C@@]1(C)O. The van der Waals surface area contributed by atoms with Gasteiger partial charge in [0.05, 0.1) is 6.61 Å². The number of terminal acetylenes is 1. The quantitative estimate of drug-likeness (QED) is 0.524. The van der Waals surface area contributed by atoms with Gasteiger partial charge in [0, 0.05) is 22.3 Å². The summed E-state index contributed by atoms with van der Waals surface area (Å²) >= 11 is 0. The third kappa shape index (κ3) is 2.89. The van der Waals surface area contributed by atoms with Gasteiger partial charge in [0.1, 0.15) is 17.8 Å². The summed E-state index contributed by atoms with van der Waals surface area (Å²) < 4.78 is 20.1. The highest BCUT2D eigenvalue weighted by molar-refractivity contribution is 6.73. The number of H-pyrrole nitrogens is 1. The molecule has 0 radical (unpaired) electrons. The molecule has 2 fully saturated rings. The Morgan fingerprint density at radius 2 is 1.86 bits per heavy atom. The van der Waals surface area contributed by atoms with Gasteiger partial charge in [-0.25, -0.2) is 4.79 Å². The molecule has 3 heterocycles. The predicted octanol–water partition coefficient (Wildman–Crippen LogP) is 1.43. The molecule has 1 aromatic rings. The number of aromatic nitrogens is 2. The van der Waals surface area contributed by atoms with Crippen LogP contribution in [-0.2, 0) is 19.3 Å². The summed E-state index contributed by atoms with van der Waals surface area (Å²) in [4.78, 5) is 26.2. The molecule has 3 rings (SSSR count). The molecule has 0 bridgehead atoms. The average molecular weight is 423 g/mol. The van der Waals surface area contributed by atoms with Gasteiger partial charge in [-0.15, -0.1) is 6.42 Å². The summed E-state index contributed by atoms with van der Waals surface area (Å²) in [6.45, 7) is 14.1. The normalized spacial score (nSPS) is 34.4. The fraction of sp³-hybridized carbons (Fsp3) is 0.700. The van der Waals surface area contributed by atoms with Crippen molar-refractivity contribution in [3.8, 4) is 12.3 Å². The molecule has 8 nitrogen and oxygen atoms in total. The van der Waals surface area contributed by atoms with E-state index in [0.29, 0.717) is 0 Å². The van der Waals surface area contributed by atoms with E-state index in [0.717, 1.165) is 10.6 Å². The molecule has 0 spiro atoms. The topological polar surface area (TPSA) is 103 Å². The Labute approximate surface area is 171 Å². The Bertz CT molecular complexity index is 947. The van der Waals surface area contributed by atoms with Crippen molar-refractivity contribution in [2.75, 3.05) is 6.61 Å². The van der Waals surface area contributed by atoms with Crippen LogP contribution in [0, 0.1) is 12.3 Å². The third-order valence-electron chi connectivity index (χ3n) is 5.98. The van der Waals surface area contributed by atoms with Crippen LogP contribution in [0.3, 0.4) is 0 Å². The van der Waals surface area contributed by atoms with E-state index < -0.39 is 43.3 Å². The van der Waals surface area contributed by atoms with Crippen LogP contribution in [-0.4, -0.2) is 47.6 Å². The van der Waals surface area contributed by atoms with E-state index in [-0.39, 0.29) is 16.7 Å². The molecule has 2 saturated heterocycles. The first kappa shape index (κ1) is 22.0. The molecule has 0 unspecified atom stereocenters. The maximum Gasteiger partial charge on any atom is 0.349 e. The molecule has 4 atom stereocenters. The number of hydrogen-bond acceptors (Lipinski definition) is 6. The number of fused-ring (bicyclic) bond motifs is 1. The molecule has 2 N–H and O–H groups in total. The minimum absolute atomic E-state index is 0.184. The van der Waals surface area contributed by atoms with E-state index in [9.17, 15) is 14.7 Å². The van der Waals surface area contributed by atoms with Crippen LogP contribution in [0.5, 0.6) is 0 Å². The van der Waals surface area contributed by atoms with E-state index >= 15 is 0 Å². The standard InChI is InChI=1S/C20H30N2O6Si/c1-9-20(22-11-10-14(23)21-16(22)24)19(8,25)15-13(27-20)12-26-29(28-15,17(2,3)4)18(5,6)7/h1,10-11,13,15,25H,12H2,2-8H3,(H,21,23,24)/t13-,15-,19-,20-/m1/s1. The highest BCUT2D eigenvalue weighted by atomic mass is 28.4. The van der Waals surface area contributed by atoms with Gasteiger partial charge in [-0.05, 0) is 12.8 Å². The van der Waals surface area contributed by atoms with E-state index in [2.05, 4.69) is 52.4 Å². The minimum Gasteiger partial charge on any atom is -0.391 e. The molecule has 1 aromatic heterocycles. The number of hydrogen-bond donors (Lipinski definition) is 2. The Balaban J connectivity index is 2.15. The number of nitrogens with zero attached hydrogens (tertiary/aromatic N) is 1. The van der Waals surface area contributed by atoms with Gasteiger partial charge >= 0.3 is 14.3 Å². The summed E-state index contributed by atoms with van der Waals surface area (Å²) in [5, 5.41) is 11.0. The van der Waals surface area contributed by atoms with Crippen molar-refractivity contribution in [1.82, 2.24) is 9.55 Å². The van der Waals surface area contributed by atoms with Crippen LogP contribution >= 0.6 is 0 Å². The second kappa shape index (κ2) is 6.40. The first-order valence-corrected chi connectivity index (χ1v) is 11.5. The van der Waals surface area contributed by atoms with Crippen molar-refractivity contribution in [2.24, 2.45) is 0 Å². The number of rotatable bonds is 1. The molecule has 0 amide bonds. The zero-order chi connectivity index (χ0) is 22.0. The average Bonchev–Trinajstić information content (AvgIpc) is 2.80. The van der Waals surface area contributed by atoms with Gasteiger partial charge in [-0.3, -0.25) is 14.3 Å². The highest BCUT2D eigenvalue weighted by Crippen LogP contribution is 2.57. The maximum absolute atomic E-state index is 12.5. The number of nitrogens with one attached hydrogen (secondary N) is 1. The van der Waals surface area contributed by atoms with Crippen molar-refractivity contribution < 1.29 is 18.7 Å². The largest absolute Gasteiger partial charge is 0.391 e. The van der Waals surface area contributed by atoms with Gasteiger partial charge in [0.25, 0.3) is 5.56 Å². The lowest BCUT2D eigenvalue weighted by Gasteiger charge is -2.54. The lowest BCUT2D eigenvalue weighted by atomic mass is 9.88. The monoisotopic (exact) mass is 422 g/mol. The molecule has 2 aliphatic heterocycles. The lowest BCUT2D eigenvalue weighted by molar-refractivity contribution is -0.146. The molecular weight excluding hydrogens is 392 g/mol. The first-order valence-electron chi connectivity index (χ1n) is 9.65. The van der Waals surface area contributed by atoms with Crippen molar-refractivity contribution in [3.05, 3.63) is 33.1 Å². The summed E-state index contributed by atoms with van der Waals surface area (Å²) in [7, 11) is -2.91. The fourth-order valence-electron chi connectivity index (χ4n) is 4.81.